The molecule has 4 heteroatoms. The predicted molar refractivity (Wildman–Crippen MR) is 44.8 cm³/mol. The maximum atomic E-state index is 4.19. The maximum Gasteiger partial charge on any atom is 0.163 e. The number of nitrogens with one attached hydrogen (secondary N) is 1. The number of fused-ring (bicyclic) bond motifs is 3. The molecule has 0 radical (unpaired) electrons. The largest absolute Gasteiger partial charge is 0.343 e. The molecule has 0 amide bonds. The number of imidazole rings is 2. The molecule has 3 aromatic rings. The minimum absolute atomic E-state index is 0.921. The number of hydrogen-bond acceptors (Lipinski definition) is 2. The Bertz CT molecular complexity index is 484. The number of hydrogen-bond donors (Lipinski definition) is 1. The molecule has 0 aliphatic heterocycles. The van der Waals surface area contributed by atoms with Gasteiger partial charge in [-0.25, -0.2) is 9.97 Å². The van der Waals surface area contributed by atoms with Gasteiger partial charge in [0.1, 0.15) is 5.65 Å². The van der Waals surface area contributed by atoms with Crippen LogP contribution in [0.2, 0.25) is 0 Å². The van der Waals surface area contributed by atoms with Gasteiger partial charge >= 0.3 is 0 Å². The van der Waals surface area contributed by atoms with Gasteiger partial charge in [0.15, 0.2) is 5.65 Å². The zero-order chi connectivity index (χ0) is 7.97. The molecule has 0 bridgehead atoms. The fraction of sp³-hybridized carbons (Fsp3) is 0. The van der Waals surface area contributed by atoms with Gasteiger partial charge in [-0.15, -0.1) is 0 Å². The van der Waals surface area contributed by atoms with Crippen LogP contribution in [0.3, 0.4) is 0 Å². The summed E-state index contributed by atoms with van der Waals surface area (Å²) in [6, 6.07) is 3.94. The van der Waals surface area contributed by atoms with Crippen LogP contribution in [-0.4, -0.2) is 19.4 Å². The molecule has 0 aromatic carbocycles. The molecule has 0 fully saturated rings. The van der Waals surface area contributed by atoms with Crippen LogP contribution < -0.4 is 0 Å². The van der Waals surface area contributed by atoms with E-state index in [0.717, 1.165) is 16.8 Å². The maximum absolute atomic E-state index is 4.19. The van der Waals surface area contributed by atoms with Crippen LogP contribution >= 0.6 is 0 Å². The second-order valence-electron chi connectivity index (χ2n) is 2.63. The normalized spacial score (nSPS) is 11.3. The number of H-pyrrole nitrogens is 1. The quantitative estimate of drug-likeness (QED) is 0.534. The first-order chi connectivity index (χ1) is 5.95. The molecule has 4 nitrogen and oxygen atoms in total. The SMILES string of the molecule is c1cn2c(ccc3[nH]cnc32)n1. The summed E-state index contributed by atoms with van der Waals surface area (Å²) >= 11 is 0. The van der Waals surface area contributed by atoms with Crippen molar-refractivity contribution in [2.75, 3.05) is 0 Å². The number of pyridine rings is 1. The lowest BCUT2D eigenvalue weighted by Crippen LogP contribution is -1.84. The van der Waals surface area contributed by atoms with E-state index in [4.69, 9.17) is 0 Å². The molecule has 0 aliphatic rings. The molecule has 1 N–H and O–H groups in total. The monoisotopic (exact) mass is 158 g/mol. The average Bonchev–Trinajstić information content (AvgIpc) is 2.71. The lowest BCUT2D eigenvalue weighted by molar-refractivity contribution is 1.21. The molecule has 12 heavy (non-hydrogen) atoms. The zero-order valence-electron chi connectivity index (χ0n) is 6.23. The topological polar surface area (TPSA) is 46.0 Å². The van der Waals surface area contributed by atoms with Gasteiger partial charge in [-0.2, -0.15) is 0 Å². The van der Waals surface area contributed by atoms with Crippen molar-refractivity contribution in [1.82, 2.24) is 19.4 Å². The molecular weight excluding hydrogens is 152 g/mol. The van der Waals surface area contributed by atoms with Crippen molar-refractivity contribution in [1.29, 1.82) is 0 Å². The van der Waals surface area contributed by atoms with Gasteiger partial charge < -0.3 is 4.98 Å². The Kier molecular flexibility index (Phi) is 0.889. The highest BCUT2D eigenvalue weighted by atomic mass is 15.1. The van der Waals surface area contributed by atoms with Crippen LogP contribution in [-0.2, 0) is 0 Å². The van der Waals surface area contributed by atoms with Gasteiger partial charge in [-0.05, 0) is 12.1 Å². The van der Waals surface area contributed by atoms with E-state index in [2.05, 4.69) is 15.0 Å². The van der Waals surface area contributed by atoms with Crippen LogP contribution in [0.25, 0.3) is 16.8 Å². The first-order valence-electron chi connectivity index (χ1n) is 3.70. The second kappa shape index (κ2) is 1.85. The van der Waals surface area contributed by atoms with Gasteiger partial charge in [-0.3, -0.25) is 4.40 Å². The van der Waals surface area contributed by atoms with Crippen molar-refractivity contribution in [3.8, 4) is 0 Å². The molecule has 3 rings (SSSR count). The first kappa shape index (κ1) is 5.77. The smallest absolute Gasteiger partial charge is 0.163 e. The van der Waals surface area contributed by atoms with E-state index in [1.807, 2.05) is 22.7 Å². The molecule has 0 aliphatic carbocycles. The highest BCUT2D eigenvalue weighted by Gasteiger charge is 2.00. The molecule has 0 saturated heterocycles. The van der Waals surface area contributed by atoms with E-state index in [-0.39, 0.29) is 0 Å². The molecule has 0 spiro atoms. The molecular formula is C8H6N4. The van der Waals surface area contributed by atoms with Gasteiger partial charge in [0.2, 0.25) is 0 Å². The third-order valence-corrected chi connectivity index (χ3v) is 1.94. The molecule has 0 atom stereocenters. The summed E-state index contributed by atoms with van der Waals surface area (Å²) in [6.07, 6.45) is 5.35. The minimum atomic E-state index is 0.921. The van der Waals surface area contributed by atoms with Gasteiger partial charge in [0.25, 0.3) is 0 Å². The molecule has 0 saturated carbocycles. The second-order valence-corrected chi connectivity index (χ2v) is 2.63. The third-order valence-electron chi connectivity index (χ3n) is 1.94. The van der Waals surface area contributed by atoms with Crippen molar-refractivity contribution >= 4 is 16.8 Å². The molecule has 3 aromatic heterocycles. The predicted octanol–water partition coefficient (Wildman–Crippen LogP) is 1.21. The summed E-state index contributed by atoms with van der Waals surface area (Å²) in [6.45, 7) is 0. The third kappa shape index (κ3) is 0.567. The van der Waals surface area contributed by atoms with E-state index in [1.54, 1.807) is 12.5 Å². The van der Waals surface area contributed by atoms with Crippen LogP contribution in [0, 0.1) is 0 Å². The van der Waals surface area contributed by atoms with Crippen LogP contribution in [0.1, 0.15) is 0 Å². The highest BCUT2D eigenvalue weighted by molar-refractivity contribution is 5.74. The van der Waals surface area contributed by atoms with Crippen molar-refractivity contribution < 1.29 is 0 Å². The van der Waals surface area contributed by atoms with Crippen molar-refractivity contribution in [3.05, 3.63) is 30.9 Å². The fourth-order valence-corrected chi connectivity index (χ4v) is 1.39. The van der Waals surface area contributed by atoms with Crippen LogP contribution in [0.5, 0.6) is 0 Å². The highest BCUT2D eigenvalue weighted by Crippen LogP contribution is 2.10. The Labute approximate surface area is 67.9 Å². The Hall–Kier alpha value is -1.84. The zero-order valence-corrected chi connectivity index (χ0v) is 6.23. The fourth-order valence-electron chi connectivity index (χ4n) is 1.39. The van der Waals surface area contributed by atoms with E-state index < -0.39 is 0 Å². The number of aromatic amines is 1. The van der Waals surface area contributed by atoms with E-state index >= 15 is 0 Å². The van der Waals surface area contributed by atoms with E-state index in [9.17, 15) is 0 Å². The van der Waals surface area contributed by atoms with Crippen molar-refractivity contribution in [2.45, 2.75) is 0 Å². The molecule has 58 valence electrons. The minimum Gasteiger partial charge on any atom is -0.343 e. The molecule has 3 heterocycles. The van der Waals surface area contributed by atoms with Gasteiger partial charge in [0, 0.05) is 12.4 Å². The average molecular weight is 158 g/mol. The standard InChI is InChI=1S/C8H6N4/c1-2-7-9-3-4-12(7)8-6(1)10-5-11-8/h1-5H,(H,10,11). The number of aromatic nitrogens is 4. The van der Waals surface area contributed by atoms with Crippen molar-refractivity contribution in [2.24, 2.45) is 0 Å². The Balaban J connectivity index is 2.71. The first-order valence-corrected chi connectivity index (χ1v) is 3.70. The van der Waals surface area contributed by atoms with E-state index in [1.165, 1.54) is 0 Å². The van der Waals surface area contributed by atoms with E-state index in [0.29, 0.717) is 0 Å². The molecule has 0 unspecified atom stereocenters. The van der Waals surface area contributed by atoms with Crippen LogP contribution in [0.4, 0.5) is 0 Å². The Morgan fingerprint density at radius 3 is 3.25 bits per heavy atom. The number of rotatable bonds is 0. The lowest BCUT2D eigenvalue weighted by Gasteiger charge is -1.92. The summed E-state index contributed by atoms with van der Waals surface area (Å²) in [5, 5.41) is 0. The van der Waals surface area contributed by atoms with Gasteiger partial charge in [0.05, 0.1) is 11.8 Å². The summed E-state index contributed by atoms with van der Waals surface area (Å²) < 4.78 is 1.95. The Morgan fingerprint density at radius 1 is 1.25 bits per heavy atom. The van der Waals surface area contributed by atoms with Crippen molar-refractivity contribution in [3.63, 3.8) is 0 Å². The summed E-state index contributed by atoms with van der Waals surface area (Å²) in [5.74, 6) is 0. The number of nitrogens with zero attached hydrogens (tertiary/aromatic N) is 3. The van der Waals surface area contributed by atoms with Crippen LogP contribution in [0.15, 0.2) is 30.9 Å². The lowest BCUT2D eigenvalue weighted by atomic mass is 10.4. The summed E-state index contributed by atoms with van der Waals surface area (Å²) in [5.41, 5.74) is 2.88. The Morgan fingerprint density at radius 2 is 2.25 bits per heavy atom. The summed E-state index contributed by atoms with van der Waals surface area (Å²) in [7, 11) is 0. The van der Waals surface area contributed by atoms with Gasteiger partial charge in [-0.1, -0.05) is 0 Å². The summed E-state index contributed by atoms with van der Waals surface area (Å²) in [4.78, 5) is 11.4.